The Kier molecular flexibility index (Phi) is 3.17. The predicted octanol–water partition coefficient (Wildman–Crippen LogP) is 6.23. The highest BCUT2D eigenvalue weighted by molar-refractivity contribution is 6.05. The number of aromatic hydroxyl groups is 1. The highest BCUT2D eigenvalue weighted by Crippen LogP contribution is 2.46. The van der Waals surface area contributed by atoms with Crippen LogP contribution in [0.25, 0.3) is 33.0 Å². The quantitative estimate of drug-likeness (QED) is 0.383. The van der Waals surface area contributed by atoms with Gasteiger partial charge >= 0.3 is 0 Å². The molecule has 0 saturated carbocycles. The fraction of sp³-hybridized carbons (Fsp3) is 0.0833. The number of phenolic OH excluding ortho intramolecular Hbond substituents is 1. The minimum Gasteiger partial charge on any atom is -0.507 e. The van der Waals surface area contributed by atoms with Gasteiger partial charge in [0.25, 0.3) is 0 Å². The molecule has 126 valence electrons. The summed E-state index contributed by atoms with van der Waals surface area (Å²) in [5.41, 5.74) is 8.13. The zero-order chi connectivity index (χ0) is 17.8. The summed E-state index contributed by atoms with van der Waals surface area (Å²) in [5.74, 6) is 0.119. The number of rotatable bonds is 1. The highest BCUT2D eigenvalue weighted by Gasteiger charge is 2.23. The van der Waals surface area contributed by atoms with Crippen molar-refractivity contribution in [3.05, 3.63) is 89.2 Å². The second-order valence-corrected chi connectivity index (χ2v) is 6.98. The van der Waals surface area contributed by atoms with Gasteiger partial charge in [0.05, 0.1) is 0 Å². The summed E-state index contributed by atoms with van der Waals surface area (Å²) in [6, 6.07) is 21.0. The van der Waals surface area contributed by atoms with Gasteiger partial charge in [-0.15, -0.1) is 0 Å². The number of hydrogen-bond acceptors (Lipinski definition) is 1. The third-order valence-corrected chi connectivity index (χ3v) is 5.36. The molecule has 0 aliphatic heterocycles. The third-order valence-electron chi connectivity index (χ3n) is 5.36. The molecule has 1 aliphatic carbocycles. The fourth-order valence-electron chi connectivity index (χ4n) is 4.15. The molecule has 0 amide bonds. The Balaban J connectivity index is 1.72. The van der Waals surface area contributed by atoms with Crippen LogP contribution in [0.1, 0.15) is 16.7 Å². The van der Waals surface area contributed by atoms with E-state index in [9.17, 15) is 9.50 Å². The molecule has 0 fully saturated rings. The van der Waals surface area contributed by atoms with Crippen molar-refractivity contribution >= 4 is 10.8 Å². The summed E-state index contributed by atoms with van der Waals surface area (Å²) >= 11 is 0. The third kappa shape index (κ3) is 2.15. The molecule has 0 radical (unpaired) electrons. The van der Waals surface area contributed by atoms with Crippen LogP contribution in [0.4, 0.5) is 4.39 Å². The molecule has 4 aromatic rings. The monoisotopic (exact) mass is 340 g/mol. The van der Waals surface area contributed by atoms with Crippen molar-refractivity contribution in [2.24, 2.45) is 0 Å². The van der Waals surface area contributed by atoms with Gasteiger partial charge in [0.15, 0.2) is 0 Å². The molecule has 0 atom stereocenters. The molecule has 1 N–H and O–H groups in total. The number of phenols is 1. The van der Waals surface area contributed by atoms with E-state index in [1.54, 1.807) is 0 Å². The first-order valence-corrected chi connectivity index (χ1v) is 8.75. The Labute approximate surface area is 151 Å². The standard InChI is InChI=1S/C24H17FO/c1-14-3-2-4-21-22(26)13-18-12-17-11-16(15-5-8-19(25)9-6-15)7-10-20(17)24(18)23(14)21/h2-11,13,26H,12H2,1H3. The van der Waals surface area contributed by atoms with Gasteiger partial charge in [-0.25, -0.2) is 4.39 Å². The van der Waals surface area contributed by atoms with Gasteiger partial charge in [-0.2, -0.15) is 0 Å². The minimum absolute atomic E-state index is 0.222. The van der Waals surface area contributed by atoms with E-state index in [4.69, 9.17) is 0 Å². The smallest absolute Gasteiger partial charge is 0.123 e. The molecule has 5 rings (SSSR count). The lowest BCUT2D eigenvalue weighted by Gasteiger charge is -2.12. The molecule has 4 aromatic carbocycles. The first-order chi connectivity index (χ1) is 12.6. The average Bonchev–Trinajstić information content (AvgIpc) is 2.99. The molecule has 0 spiro atoms. The Morgan fingerprint density at radius 1 is 0.846 bits per heavy atom. The van der Waals surface area contributed by atoms with Crippen molar-refractivity contribution in [2.75, 3.05) is 0 Å². The van der Waals surface area contributed by atoms with E-state index in [-0.39, 0.29) is 5.82 Å². The Bertz CT molecular complexity index is 1170. The van der Waals surface area contributed by atoms with Crippen LogP contribution in [-0.4, -0.2) is 5.11 Å². The average molecular weight is 340 g/mol. The SMILES string of the molecule is Cc1cccc2c(O)cc3c(c12)-c1ccc(-c2ccc(F)cc2)cc1C3. The molecule has 0 saturated heterocycles. The lowest BCUT2D eigenvalue weighted by Crippen LogP contribution is -1.87. The lowest BCUT2D eigenvalue weighted by atomic mass is 9.93. The van der Waals surface area contributed by atoms with Crippen molar-refractivity contribution in [1.29, 1.82) is 0 Å². The van der Waals surface area contributed by atoms with Gasteiger partial charge in [0.2, 0.25) is 0 Å². The minimum atomic E-state index is -0.222. The van der Waals surface area contributed by atoms with Gasteiger partial charge in [-0.05, 0) is 75.9 Å². The van der Waals surface area contributed by atoms with Crippen molar-refractivity contribution in [3.8, 4) is 28.0 Å². The van der Waals surface area contributed by atoms with E-state index >= 15 is 0 Å². The van der Waals surface area contributed by atoms with E-state index in [1.807, 2.05) is 30.3 Å². The van der Waals surface area contributed by atoms with Gasteiger partial charge in [-0.1, -0.05) is 48.5 Å². The van der Waals surface area contributed by atoms with Gasteiger partial charge in [-0.3, -0.25) is 0 Å². The van der Waals surface area contributed by atoms with E-state index in [0.717, 1.165) is 33.9 Å². The zero-order valence-corrected chi connectivity index (χ0v) is 14.4. The highest BCUT2D eigenvalue weighted by atomic mass is 19.1. The molecule has 1 aliphatic rings. The maximum Gasteiger partial charge on any atom is 0.123 e. The first kappa shape index (κ1) is 15.2. The lowest BCUT2D eigenvalue weighted by molar-refractivity contribution is 0.481. The molecule has 0 heterocycles. The summed E-state index contributed by atoms with van der Waals surface area (Å²) in [6.45, 7) is 2.09. The maximum atomic E-state index is 13.2. The van der Waals surface area contributed by atoms with Crippen LogP contribution in [-0.2, 0) is 6.42 Å². The normalized spacial score (nSPS) is 12.2. The summed E-state index contributed by atoms with van der Waals surface area (Å²) in [6.07, 6.45) is 0.803. The van der Waals surface area contributed by atoms with E-state index in [2.05, 4.69) is 31.2 Å². The number of hydrogen-bond donors (Lipinski definition) is 1. The molecule has 2 heteroatoms. The van der Waals surface area contributed by atoms with Crippen molar-refractivity contribution in [1.82, 2.24) is 0 Å². The molecule has 26 heavy (non-hydrogen) atoms. The number of halogens is 1. The topological polar surface area (TPSA) is 20.2 Å². The summed E-state index contributed by atoms with van der Waals surface area (Å²) in [4.78, 5) is 0. The van der Waals surface area contributed by atoms with Crippen LogP contribution in [0.15, 0.2) is 66.7 Å². The predicted molar refractivity (Wildman–Crippen MR) is 104 cm³/mol. The maximum absolute atomic E-state index is 13.2. The summed E-state index contributed by atoms with van der Waals surface area (Å²) < 4.78 is 13.2. The Hall–Kier alpha value is -3.13. The number of fused-ring (bicyclic) bond motifs is 5. The molecule has 0 bridgehead atoms. The number of benzene rings is 4. The van der Waals surface area contributed by atoms with Crippen molar-refractivity contribution in [2.45, 2.75) is 13.3 Å². The molecular weight excluding hydrogens is 323 g/mol. The van der Waals surface area contributed by atoms with E-state index in [1.165, 1.54) is 34.4 Å². The van der Waals surface area contributed by atoms with Crippen LogP contribution in [0, 0.1) is 12.7 Å². The van der Waals surface area contributed by atoms with Crippen LogP contribution in [0.3, 0.4) is 0 Å². The van der Waals surface area contributed by atoms with E-state index < -0.39 is 0 Å². The van der Waals surface area contributed by atoms with Crippen LogP contribution in [0.2, 0.25) is 0 Å². The molecule has 0 unspecified atom stereocenters. The van der Waals surface area contributed by atoms with Crippen LogP contribution in [0.5, 0.6) is 5.75 Å². The molecular formula is C24H17FO. The largest absolute Gasteiger partial charge is 0.507 e. The van der Waals surface area contributed by atoms with Crippen molar-refractivity contribution in [3.63, 3.8) is 0 Å². The first-order valence-electron chi connectivity index (χ1n) is 8.75. The summed E-state index contributed by atoms with van der Waals surface area (Å²) in [7, 11) is 0. The second-order valence-electron chi connectivity index (χ2n) is 6.98. The number of aryl methyl sites for hydroxylation is 1. The zero-order valence-electron chi connectivity index (χ0n) is 14.4. The van der Waals surface area contributed by atoms with Gasteiger partial charge in [0.1, 0.15) is 11.6 Å². The summed E-state index contributed by atoms with van der Waals surface area (Å²) in [5, 5.41) is 12.5. The Morgan fingerprint density at radius 2 is 1.62 bits per heavy atom. The second kappa shape index (κ2) is 5.43. The van der Waals surface area contributed by atoms with Crippen LogP contribution >= 0.6 is 0 Å². The molecule has 0 aromatic heterocycles. The van der Waals surface area contributed by atoms with E-state index in [0.29, 0.717) is 5.75 Å². The Morgan fingerprint density at radius 3 is 2.42 bits per heavy atom. The van der Waals surface area contributed by atoms with Gasteiger partial charge in [0, 0.05) is 5.39 Å². The fourth-order valence-corrected chi connectivity index (χ4v) is 4.15. The van der Waals surface area contributed by atoms with Gasteiger partial charge < -0.3 is 5.11 Å². The van der Waals surface area contributed by atoms with Crippen molar-refractivity contribution < 1.29 is 9.50 Å². The van der Waals surface area contributed by atoms with Crippen LogP contribution < -0.4 is 0 Å². The molecule has 1 nitrogen and oxygen atoms in total.